The number of rotatable bonds is 8. The molecule has 0 aromatic heterocycles. The molecule has 0 radical (unpaired) electrons. The molecule has 1 atom stereocenters. The second-order valence-corrected chi connectivity index (χ2v) is 5.77. The SMILES string of the molecule is CCCC(NC=NCC(=O)O)C(=O)N(C)c1cc(Cl)cc(Cl)c1. The van der Waals surface area contributed by atoms with Gasteiger partial charge in [0.1, 0.15) is 12.6 Å². The van der Waals surface area contributed by atoms with Gasteiger partial charge in [-0.2, -0.15) is 0 Å². The van der Waals surface area contributed by atoms with Crippen molar-refractivity contribution in [1.82, 2.24) is 5.32 Å². The van der Waals surface area contributed by atoms with Crippen LogP contribution < -0.4 is 10.2 Å². The fourth-order valence-corrected chi connectivity index (χ4v) is 2.44. The van der Waals surface area contributed by atoms with Crippen LogP contribution in [-0.2, 0) is 9.59 Å². The Hall–Kier alpha value is -1.79. The van der Waals surface area contributed by atoms with Gasteiger partial charge in [-0.15, -0.1) is 0 Å². The molecule has 0 heterocycles. The van der Waals surface area contributed by atoms with Crippen LogP contribution in [-0.4, -0.2) is 43.0 Å². The number of likely N-dealkylation sites (N-methyl/N-ethyl adjacent to an activating group) is 1. The van der Waals surface area contributed by atoms with Crippen molar-refractivity contribution >= 4 is 47.1 Å². The van der Waals surface area contributed by atoms with Crippen LogP contribution in [0, 0.1) is 0 Å². The van der Waals surface area contributed by atoms with Crippen LogP contribution in [0.2, 0.25) is 10.0 Å². The van der Waals surface area contributed by atoms with Crippen molar-refractivity contribution in [2.45, 2.75) is 25.8 Å². The summed E-state index contributed by atoms with van der Waals surface area (Å²) in [7, 11) is 1.63. The molecule has 0 saturated carbocycles. The van der Waals surface area contributed by atoms with Crippen LogP contribution in [0.25, 0.3) is 0 Å². The minimum Gasteiger partial charge on any atom is -0.480 e. The largest absolute Gasteiger partial charge is 0.480 e. The summed E-state index contributed by atoms with van der Waals surface area (Å²) in [5.74, 6) is -1.22. The predicted octanol–water partition coefficient (Wildman–Crippen LogP) is 2.83. The molecular formula is C15H19Cl2N3O3. The van der Waals surface area contributed by atoms with E-state index in [0.29, 0.717) is 22.2 Å². The summed E-state index contributed by atoms with van der Waals surface area (Å²) in [6.45, 7) is 1.60. The summed E-state index contributed by atoms with van der Waals surface area (Å²) < 4.78 is 0. The predicted molar refractivity (Wildman–Crippen MR) is 92.7 cm³/mol. The number of aliphatic carboxylic acids is 1. The third-order valence-electron chi connectivity index (χ3n) is 3.03. The Bertz CT molecular complexity index is 573. The smallest absolute Gasteiger partial charge is 0.325 e. The van der Waals surface area contributed by atoms with Gasteiger partial charge < -0.3 is 15.3 Å². The van der Waals surface area contributed by atoms with Gasteiger partial charge in [-0.1, -0.05) is 36.5 Å². The summed E-state index contributed by atoms with van der Waals surface area (Å²) in [6, 6.07) is 4.37. The lowest BCUT2D eigenvalue weighted by Crippen LogP contribution is -2.44. The lowest BCUT2D eigenvalue weighted by Gasteiger charge is -2.24. The molecule has 1 amide bonds. The third kappa shape index (κ3) is 6.46. The van der Waals surface area contributed by atoms with Gasteiger partial charge in [-0.05, 0) is 24.6 Å². The summed E-state index contributed by atoms with van der Waals surface area (Å²) in [6.07, 6.45) is 2.61. The van der Waals surface area contributed by atoms with Crippen LogP contribution >= 0.6 is 23.2 Å². The number of nitrogens with one attached hydrogen (secondary N) is 1. The van der Waals surface area contributed by atoms with Crippen LogP contribution in [0.4, 0.5) is 5.69 Å². The van der Waals surface area contributed by atoms with E-state index in [-0.39, 0.29) is 12.5 Å². The van der Waals surface area contributed by atoms with Crippen molar-refractivity contribution in [2.24, 2.45) is 4.99 Å². The standard InChI is InChI=1S/C15H19Cl2N3O3/c1-3-4-13(19-9-18-8-14(21)22)15(23)20(2)12-6-10(16)5-11(17)7-12/h5-7,9,13H,3-4,8H2,1-2H3,(H,18,19)(H,21,22). The average molecular weight is 360 g/mol. The van der Waals surface area contributed by atoms with E-state index < -0.39 is 12.0 Å². The van der Waals surface area contributed by atoms with Crippen LogP contribution in [0.3, 0.4) is 0 Å². The number of amides is 1. The number of halogens is 2. The van der Waals surface area contributed by atoms with Crippen LogP contribution in [0.1, 0.15) is 19.8 Å². The van der Waals surface area contributed by atoms with Crippen LogP contribution in [0.5, 0.6) is 0 Å². The van der Waals surface area contributed by atoms with E-state index in [1.54, 1.807) is 25.2 Å². The van der Waals surface area contributed by atoms with E-state index >= 15 is 0 Å². The van der Waals surface area contributed by atoms with E-state index in [9.17, 15) is 9.59 Å². The van der Waals surface area contributed by atoms with Gasteiger partial charge in [0.05, 0.1) is 6.34 Å². The Morgan fingerprint density at radius 3 is 2.48 bits per heavy atom. The lowest BCUT2D eigenvalue weighted by atomic mass is 10.1. The molecule has 1 aromatic rings. The lowest BCUT2D eigenvalue weighted by molar-refractivity contribution is -0.135. The molecule has 1 rings (SSSR count). The van der Waals surface area contributed by atoms with Crippen molar-refractivity contribution in [1.29, 1.82) is 0 Å². The first-order valence-electron chi connectivity index (χ1n) is 7.05. The van der Waals surface area contributed by atoms with Crippen molar-refractivity contribution < 1.29 is 14.7 Å². The normalized spacial score (nSPS) is 12.2. The molecule has 126 valence electrons. The molecule has 0 aliphatic rings. The van der Waals surface area contributed by atoms with E-state index in [0.717, 1.165) is 6.42 Å². The number of carboxylic acid groups (broad SMARTS) is 1. The third-order valence-corrected chi connectivity index (χ3v) is 3.47. The molecule has 0 spiro atoms. The molecule has 1 aromatic carbocycles. The summed E-state index contributed by atoms with van der Waals surface area (Å²) >= 11 is 11.9. The van der Waals surface area contributed by atoms with Crippen molar-refractivity contribution in [3.05, 3.63) is 28.2 Å². The molecule has 6 nitrogen and oxygen atoms in total. The highest BCUT2D eigenvalue weighted by Gasteiger charge is 2.21. The number of anilines is 1. The topological polar surface area (TPSA) is 82.0 Å². The first-order chi connectivity index (χ1) is 10.8. The molecule has 0 bridgehead atoms. The maximum absolute atomic E-state index is 12.6. The summed E-state index contributed by atoms with van der Waals surface area (Å²) in [5.41, 5.74) is 0.581. The average Bonchev–Trinajstić information content (AvgIpc) is 2.47. The quantitative estimate of drug-likeness (QED) is 0.552. The first kappa shape index (κ1) is 19.3. The van der Waals surface area contributed by atoms with Crippen molar-refractivity contribution in [2.75, 3.05) is 18.5 Å². The zero-order valence-electron chi connectivity index (χ0n) is 12.9. The second-order valence-electron chi connectivity index (χ2n) is 4.90. The number of aliphatic imine (C=N–C) groups is 1. The molecular weight excluding hydrogens is 341 g/mol. The Morgan fingerprint density at radius 1 is 1.35 bits per heavy atom. The van der Waals surface area contributed by atoms with E-state index in [2.05, 4.69) is 10.3 Å². The number of carboxylic acids is 1. The van der Waals surface area contributed by atoms with Gasteiger partial charge in [-0.25, -0.2) is 0 Å². The molecule has 0 aliphatic carbocycles. The molecule has 0 saturated heterocycles. The highest BCUT2D eigenvalue weighted by atomic mass is 35.5. The maximum atomic E-state index is 12.6. The fourth-order valence-electron chi connectivity index (χ4n) is 1.93. The van der Waals surface area contributed by atoms with E-state index in [1.165, 1.54) is 11.2 Å². The van der Waals surface area contributed by atoms with Gasteiger partial charge in [0.15, 0.2) is 0 Å². The molecule has 0 aliphatic heterocycles. The zero-order chi connectivity index (χ0) is 17.4. The Kier molecular flexibility index (Phi) is 7.85. The van der Waals surface area contributed by atoms with Gasteiger partial charge in [0.2, 0.25) is 5.91 Å². The minimum atomic E-state index is -1.04. The summed E-state index contributed by atoms with van der Waals surface area (Å²) in [5, 5.41) is 12.3. The van der Waals surface area contributed by atoms with E-state index in [1.807, 2.05) is 6.92 Å². The van der Waals surface area contributed by atoms with Gasteiger partial charge in [0.25, 0.3) is 0 Å². The van der Waals surface area contributed by atoms with Crippen molar-refractivity contribution in [3.8, 4) is 0 Å². The monoisotopic (exact) mass is 359 g/mol. The number of carbonyl (C=O) groups is 2. The first-order valence-corrected chi connectivity index (χ1v) is 7.80. The number of nitrogens with zero attached hydrogens (tertiary/aromatic N) is 2. The second kappa shape index (κ2) is 9.37. The Balaban J connectivity index is 2.82. The summed E-state index contributed by atoms with van der Waals surface area (Å²) in [4.78, 5) is 28.1. The minimum absolute atomic E-state index is 0.188. The zero-order valence-corrected chi connectivity index (χ0v) is 14.4. The molecule has 2 N–H and O–H groups in total. The maximum Gasteiger partial charge on any atom is 0.325 e. The van der Waals surface area contributed by atoms with Crippen molar-refractivity contribution in [3.63, 3.8) is 0 Å². The highest BCUT2D eigenvalue weighted by Crippen LogP contribution is 2.25. The Labute approximate surface area is 145 Å². The fraction of sp³-hybridized carbons (Fsp3) is 0.400. The van der Waals surface area contributed by atoms with Gasteiger partial charge in [-0.3, -0.25) is 14.6 Å². The number of carbonyl (C=O) groups excluding carboxylic acids is 1. The Morgan fingerprint density at radius 2 is 1.96 bits per heavy atom. The number of benzene rings is 1. The molecule has 1 unspecified atom stereocenters. The van der Waals surface area contributed by atoms with Gasteiger partial charge >= 0.3 is 5.97 Å². The van der Waals surface area contributed by atoms with E-state index in [4.69, 9.17) is 28.3 Å². The molecule has 8 heteroatoms. The molecule has 0 fully saturated rings. The number of hydrogen-bond acceptors (Lipinski definition) is 3. The number of hydrogen-bond donors (Lipinski definition) is 2. The highest BCUT2D eigenvalue weighted by molar-refractivity contribution is 6.35. The van der Waals surface area contributed by atoms with Gasteiger partial charge in [0, 0.05) is 22.8 Å². The molecule has 23 heavy (non-hydrogen) atoms. The van der Waals surface area contributed by atoms with Crippen LogP contribution in [0.15, 0.2) is 23.2 Å².